The third-order valence-corrected chi connectivity index (χ3v) is 2.13. The molecule has 2 radical (unpaired) electrons. The minimum Gasteiger partial charge on any atom is -0.456 e. The Morgan fingerprint density at radius 1 is 1.29 bits per heavy atom. The molecule has 0 bridgehead atoms. The van der Waals surface area contributed by atoms with Crippen LogP contribution in [0.15, 0.2) is 24.3 Å². The van der Waals surface area contributed by atoms with Gasteiger partial charge >= 0.3 is 5.97 Å². The second kappa shape index (κ2) is 5.85. The third-order valence-electron chi connectivity index (χ3n) is 2.13. The largest absolute Gasteiger partial charge is 0.456 e. The van der Waals surface area contributed by atoms with Gasteiger partial charge in [-0.3, -0.25) is 0 Å². The van der Waals surface area contributed by atoms with Crippen LogP contribution < -0.4 is 0 Å². The molecule has 0 atom stereocenters. The number of benzene rings is 1. The van der Waals surface area contributed by atoms with E-state index in [9.17, 15) is 4.79 Å². The van der Waals surface area contributed by atoms with E-state index in [1.807, 2.05) is 32.9 Å². The van der Waals surface area contributed by atoms with Gasteiger partial charge in [0.05, 0.1) is 5.56 Å². The quantitative estimate of drug-likeness (QED) is 0.738. The van der Waals surface area contributed by atoms with E-state index in [4.69, 9.17) is 4.74 Å². The summed E-state index contributed by atoms with van der Waals surface area (Å²) in [6.45, 7) is 9.37. The molecule has 0 aliphatic rings. The number of rotatable bonds is 4. The fourth-order valence-electron chi connectivity index (χ4n) is 1.36. The van der Waals surface area contributed by atoms with Gasteiger partial charge in [-0.15, -0.1) is 0 Å². The number of carbonyl (C=O) groups is 1. The van der Waals surface area contributed by atoms with E-state index in [1.54, 1.807) is 12.1 Å². The molecule has 0 fully saturated rings. The maximum Gasteiger partial charge on any atom is 0.338 e. The molecule has 0 aliphatic heterocycles. The van der Waals surface area contributed by atoms with E-state index < -0.39 is 5.60 Å². The molecular weight excluding hydrogens is 212 g/mol. The summed E-state index contributed by atoms with van der Waals surface area (Å²) in [5.41, 5.74) is 1.25. The van der Waals surface area contributed by atoms with E-state index in [0.29, 0.717) is 5.56 Å². The fourth-order valence-corrected chi connectivity index (χ4v) is 1.36. The molecule has 2 nitrogen and oxygen atoms in total. The van der Waals surface area contributed by atoms with Crippen molar-refractivity contribution in [3.05, 3.63) is 48.7 Å². The van der Waals surface area contributed by atoms with E-state index in [1.165, 1.54) is 0 Å². The zero-order valence-electron chi connectivity index (χ0n) is 10.8. The molecule has 0 N–H and O–H groups in total. The van der Waals surface area contributed by atoms with Crippen molar-refractivity contribution in [3.8, 4) is 0 Å². The van der Waals surface area contributed by atoms with Crippen LogP contribution in [0.1, 0.15) is 49.5 Å². The summed E-state index contributed by atoms with van der Waals surface area (Å²) in [7, 11) is 0. The normalized spacial score (nSPS) is 11.3. The molecule has 0 saturated carbocycles. The predicted molar refractivity (Wildman–Crippen MR) is 69.6 cm³/mol. The summed E-state index contributed by atoms with van der Waals surface area (Å²) < 4.78 is 5.29. The minimum absolute atomic E-state index is 0.277. The predicted octanol–water partition coefficient (Wildman–Crippen LogP) is 3.81. The second-order valence-corrected chi connectivity index (χ2v) is 4.97. The number of ether oxygens (including phenoxy) is 1. The molecular formula is C15H20O2. The van der Waals surface area contributed by atoms with Gasteiger partial charge in [-0.2, -0.15) is 0 Å². The van der Waals surface area contributed by atoms with Crippen LogP contribution in [-0.4, -0.2) is 11.6 Å². The zero-order valence-corrected chi connectivity index (χ0v) is 10.8. The molecule has 92 valence electrons. The summed E-state index contributed by atoms with van der Waals surface area (Å²) in [5.74, 6) is -0.277. The van der Waals surface area contributed by atoms with Crippen LogP contribution in [0.2, 0.25) is 0 Å². The molecule has 0 aromatic heterocycles. The molecule has 0 aliphatic carbocycles. The van der Waals surface area contributed by atoms with Crippen molar-refractivity contribution >= 4 is 5.97 Å². The van der Waals surface area contributed by atoms with E-state index >= 15 is 0 Å². The van der Waals surface area contributed by atoms with Crippen molar-refractivity contribution in [2.45, 2.75) is 39.2 Å². The first kappa shape index (κ1) is 13.8. The molecule has 0 spiro atoms. The van der Waals surface area contributed by atoms with Crippen LogP contribution in [0.5, 0.6) is 0 Å². The van der Waals surface area contributed by atoms with Gasteiger partial charge in [-0.05, 0) is 51.3 Å². The second-order valence-electron chi connectivity index (χ2n) is 4.97. The standard InChI is InChI=1S/C15H20O2/c1-5-6-7-12-8-10-13(11-9-12)14(16)17-15(2,3)4/h7-11H,1,5-6H2,2-4H3. The van der Waals surface area contributed by atoms with Crippen molar-refractivity contribution in [1.29, 1.82) is 0 Å². The number of hydrogen-bond donors (Lipinski definition) is 0. The summed E-state index contributed by atoms with van der Waals surface area (Å²) in [6, 6.07) is 7.44. The Kier molecular flexibility index (Phi) is 4.73. The molecule has 1 rings (SSSR count). The lowest BCUT2D eigenvalue weighted by atomic mass is 10.1. The summed E-state index contributed by atoms with van der Waals surface area (Å²) in [5, 5.41) is 0. The zero-order chi connectivity index (χ0) is 12.9. The van der Waals surface area contributed by atoms with Gasteiger partial charge in [0, 0.05) is 0 Å². The number of esters is 1. The monoisotopic (exact) mass is 232 g/mol. The van der Waals surface area contributed by atoms with Crippen LogP contribution in [0.3, 0.4) is 0 Å². The van der Waals surface area contributed by atoms with Gasteiger partial charge in [0.15, 0.2) is 0 Å². The van der Waals surface area contributed by atoms with Gasteiger partial charge in [0.2, 0.25) is 0 Å². The molecule has 1 aromatic rings. The lowest BCUT2D eigenvalue weighted by molar-refractivity contribution is 0.00695. The first-order valence-electron chi connectivity index (χ1n) is 5.88. The molecule has 0 heterocycles. The molecule has 0 amide bonds. The van der Waals surface area contributed by atoms with Gasteiger partial charge in [0.25, 0.3) is 0 Å². The Labute approximate surface area is 104 Å². The highest BCUT2D eigenvalue weighted by Crippen LogP contribution is 2.14. The van der Waals surface area contributed by atoms with Crippen molar-refractivity contribution in [2.24, 2.45) is 0 Å². The minimum atomic E-state index is -0.449. The SMILES string of the molecule is [CH2]CC[CH]c1ccc(C(=O)OC(C)(C)C)cc1. The lowest BCUT2D eigenvalue weighted by Gasteiger charge is -2.19. The third kappa shape index (κ3) is 5.03. The highest BCUT2D eigenvalue weighted by molar-refractivity contribution is 5.89. The lowest BCUT2D eigenvalue weighted by Crippen LogP contribution is -2.23. The smallest absolute Gasteiger partial charge is 0.338 e. The van der Waals surface area contributed by atoms with Crippen molar-refractivity contribution in [2.75, 3.05) is 0 Å². The van der Waals surface area contributed by atoms with Crippen LogP contribution in [-0.2, 0) is 4.74 Å². The van der Waals surface area contributed by atoms with Crippen molar-refractivity contribution < 1.29 is 9.53 Å². The first-order chi connectivity index (χ1) is 7.92. The van der Waals surface area contributed by atoms with Gasteiger partial charge in [0.1, 0.15) is 5.60 Å². The Morgan fingerprint density at radius 2 is 1.88 bits per heavy atom. The summed E-state index contributed by atoms with van der Waals surface area (Å²) in [4.78, 5) is 11.7. The van der Waals surface area contributed by atoms with Crippen LogP contribution in [0.4, 0.5) is 0 Å². The highest BCUT2D eigenvalue weighted by Gasteiger charge is 2.17. The Bertz CT molecular complexity index is 358. The number of unbranched alkanes of at least 4 members (excludes halogenated alkanes) is 1. The van der Waals surface area contributed by atoms with E-state index in [2.05, 4.69) is 13.3 Å². The molecule has 2 heteroatoms. The fraction of sp³-hybridized carbons (Fsp3) is 0.400. The summed E-state index contributed by atoms with van der Waals surface area (Å²) in [6.07, 6.45) is 3.94. The Balaban J connectivity index is 2.64. The van der Waals surface area contributed by atoms with Crippen LogP contribution in [0, 0.1) is 13.3 Å². The van der Waals surface area contributed by atoms with Gasteiger partial charge < -0.3 is 4.74 Å². The summed E-state index contributed by atoms with van der Waals surface area (Å²) >= 11 is 0. The van der Waals surface area contributed by atoms with Gasteiger partial charge in [-0.1, -0.05) is 25.5 Å². The average molecular weight is 232 g/mol. The molecule has 0 unspecified atom stereocenters. The number of carbonyl (C=O) groups excluding carboxylic acids is 1. The maximum absolute atomic E-state index is 11.7. The number of hydrogen-bond acceptors (Lipinski definition) is 2. The Morgan fingerprint density at radius 3 is 2.35 bits per heavy atom. The van der Waals surface area contributed by atoms with Crippen molar-refractivity contribution in [3.63, 3.8) is 0 Å². The van der Waals surface area contributed by atoms with Crippen LogP contribution in [0.25, 0.3) is 0 Å². The molecule has 17 heavy (non-hydrogen) atoms. The molecule has 1 aromatic carbocycles. The highest BCUT2D eigenvalue weighted by atomic mass is 16.6. The van der Waals surface area contributed by atoms with Gasteiger partial charge in [-0.25, -0.2) is 4.79 Å². The molecule has 0 saturated heterocycles. The maximum atomic E-state index is 11.7. The Hall–Kier alpha value is -1.31. The van der Waals surface area contributed by atoms with Crippen molar-refractivity contribution in [1.82, 2.24) is 0 Å². The first-order valence-corrected chi connectivity index (χ1v) is 5.88. The topological polar surface area (TPSA) is 26.3 Å². The average Bonchev–Trinajstić information content (AvgIpc) is 2.24. The van der Waals surface area contributed by atoms with E-state index in [-0.39, 0.29) is 5.97 Å². The van der Waals surface area contributed by atoms with E-state index in [0.717, 1.165) is 18.4 Å². The van der Waals surface area contributed by atoms with Crippen LogP contribution >= 0.6 is 0 Å².